The van der Waals surface area contributed by atoms with Gasteiger partial charge in [-0.1, -0.05) is 35.2 Å². The first-order chi connectivity index (χ1) is 15.1. The van der Waals surface area contributed by atoms with E-state index in [2.05, 4.69) is 27.4 Å². The maximum atomic E-state index is 13.1. The van der Waals surface area contributed by atoms with Crippen LogP contribution in [0.5, 0.6) is 0 Å². The number of hydrogen-bond acceptors (Lipinski definition) is 8. The molecule has 0 aliphatic carbocycles. The van der Waals surface area contributed by atoms with E-state index in [9.17, 15) is 4.79 Å². The van der Waals surface area contributed by atoms with Gasteiger partial charge in [0.2, 0.25) is 0 Å². The SMILES string of the molecule is Cc1ccc(Sc2cnc(Nc3ccccn3)s2)cc1C(=O)N(CCC#N)CCC#N. The van der Waals surface area contributed by atoms with Crippen molar-refractivity contribution in [1.82, 2.24) is 14.9 Å². The number of thiazole rings is 1. The van der Waals surface area contributed by atoms with Crippen LogP contribution in [0.25, 0.3) is 0 Å². The molecule has 0 aliphatic heterocycles. The number of anilines is 2. The molecule has 2 heterocycles. The Morgan fingerprint density at radius 1 is 1.16 bits per heavy atom. The molecule has 0 radical (unpaired) electrons. The summed E-state index contributed by atoms with van der Waals surface area (Å²) in [4.78, 5) is 24.2. The van der Waals surface area contributed by atoms with Gasteiger partial charge in [-0.15, -0.1) is 0 Å². The molecule has 3 aromatic rings. The normalized spacial score (nSPS) is 10.2. The Balaban J connectivity index is 1.74. The third kappa shape index (κ3) is 6.29. The first kappa shape index (κ1) is 22.3. The second-order valence-electron chi connectivity index (χ2n) is 6.51. The summed E-state index contributed by atoms with van der Waals surface area (Å²) in [6.45, 7) is 2.51. The molecule has 0 atom stereocenters. The minimum Gasteiger partial charge on any atom is -0.337 e. The molecule has 1 N–H and O–H groups in total. The largest absolute Gasteiger partial charge is 0.337 e. The van der Waals surface area contributed by atoms with E-state index in [0.717, 1.165) is 25.6 Å². The van der Waals surface area contributed by atoms with Crippen molar-refractivity contribution in [1.29, 1.82) is 10.5 Å². The number of pyridine rings is 1. The number of nitrogens with one attached hydrogen (secondary N) is 1. The van der Waals surface area contributed by atoms with E-state index in [-0.39, 0.29) is 18.7 Å². The number of benzene rings is 1. The van der Waals surface area contributed by atoms with E-state index >= 15 is 0 Å². The molecule has 1 aromatic carbocycles. The maximum absolute atomic E-state index is 13.1. The third-order valence-electron chi connectivity index (χ3n) is 4.32. The van der Waals surface area contributed by atoms with Gasteiger partial charge in [-0.2, -0.15) is 10.5 Å². The molecule has 0 spiro atoms. The van der Waals surface area contributed by atoms with Crippen molar-refractivity contribution >= 4 is 40.0 Å². The Morgan fingerprint density at radius 3 is 2.61 bits per heavy atom. The molecule has 156 valence electrons. The van der Waals surface area contributed by atoms with Crippen LogP contribution in [0.15, 0.2) is 57.9 Å². The molecule has 0 aliphatic rings. The van der Waals surface area contributed by atoms with E-state index in [1.807, 2.05) is 43.3 Å². The van der Waals surface area contributed by atoms with Crippen molar-refractivity contribution in [3.8, 4) is 12.1 Å². The lowest BCUT2D eigenvalue weighted by atomic mass is 10.1. The Labute approximate surface area is 189 Å². The zero-order valence-electron chi connectivity index (χ0n) is 16.9. The maximum Gasteiger partial charge on any atom is 0.254 e. The summed E-state index contributed by atoms with van der Waals surface area (Å²) in [5, 5.41) is 21.7. The lowest BCUT2D eigenvalue weighted by molar-refractivity contribution is 0.0761. The quantitative estimate of drug-likeness (QED) is 0.490. The van der Waals surface area contributed by atoms with Crippen molar-refractivity contribution in [3.63, 3.8) is 0 Å². The summed E-state index contributed by atoms with van der Waals surface area (Å²) in [6.07, 6.45) is 3.97. The molecule has 7 nitrogen and oxygen atoms in total. The first-order valence-electron chi connectivity index (χ1n) is 9.56. The number of carbonyl (C=O) groups excluding carboxylic acids is 1. The van der Waals surface area contributed by atoms with Gasteiger partial charge in [0, 0.05) is 29.7 Å². The van der Waals surface area contributed by atoms with Crippen LogP contribution in [-0.4, -0.2) is 33.9 Å². The number of rotatable bonds is 9. The summed E-state index contributed by atoms with van der Waals surface area (Å²) in [5.41, 5.74) is 1.44. The molecule has 0 saturated heterocycles. The Bertz CT molecular complexity index is 1100. The molecule has 0 unspecified atom stereocenters. The van der Waals surface area contributed by atoms with Crippen molar-refractivity contribution in [2.24, 2.45) is 0 Å². The molecule has 2 aromatic heterocycles. The fourth-order valence-corrected chi connectivity index (χ4v) is 4.68. The van der Waals surface area contributed by atoms with Crippen LogP contribution >= 0.6 is 23.1 Å². The predicted octanol–water partition coefficient (Wildman–Crippen LogP) is 5.01. The average Bonchev–Trinajstić information content (AvgIpc) is 3.22. The Morgan fingerprint density at radius 2 is 1.94 bits per heavy atom. The van der Waals surface area contributed by atoms with Crippen LogP contribution in [-0.2, 0) is 0 Å². The lowest BCUT2D eigenvalue weighted by Gasteiger charge is -2.21. The second kappa shape index (κ2) is 11.1. The van der Waals surface area contributed by atoms with Crippen molar-refractivity contribution in [2.45, 2.75) is 28.9 Å². The number of aryl methyl sites for hydroxylation is 1. The van der Waals surface area contributed by atoms with E-state index in [0.29, 0.717) is 18.7 Å². The predicted molar refractivity (Wildman–Crippen MR) is 121 cm³/mol. The number of nitriles is 2. The summed E-state index contributed by atoms with van der Waals surface area (Å²) < 4.78 is 0.978. The highest BCUT2D eigenvalue weighted by atomic mass is 32.2. The van der Waals surface area contributed by atoms with E-state index in [4.69, 9.17) is 10.5 Å². The van der Waals surface area contributed by atoms with E-state index in [1.165, 1.54) is 23.1 Å². The van der Waals surface area contributed by atoms with Crippen LogP contribution in [0.1, 0.15) is 28.8 Å². The summed E-state index contributed by atoms with van der Waals surface area (Å²) in [7, 11) is 0. The van der Waals surface area contributed by atoms with Crippen molar-refractivity contribution < 1.29 is 4.79 Å². The van der Waals surface area contributed by atoms with Gasteiger partial charge in [0.25, 0.3) is 5.91 Å². The van der Waals surface area contributed by atoms with Gasteiger partial charge >= 0.3 is 0 Å². The van der Waals surface area contributed by atoms with E-state index in [1.54, 1.807) is 17.3 Å². The van der Waals surface area contributed by atoms with Gasteiger partial charge in [-0.05, 0) is 36.8 Å². The van der Waals surface area contributed by atoms with Gasteiger partial charge < -0.3 is 10.2 Å². The highest BCUT2D eigenvalue weighted by molar-refractivity contribution is 8.01. The van der Waals surface area contributed by atoms with Gasteiger partial charge in [0.15, 0.2) is 5.13 Å². The third-order valence-corrected chi connectivity index (χ3v) is 6.32. The molecule has 0 bridgehead atoms. The molecule has 31 heavy (non-hydrogen) atoms. The lowest BCUT2D eigenvalue weighted by Crippen LogP contribution is -2.33. The molecule has 3 rings (SSSR count). The van der Waals surface area contributed by atoms with Gasteiger partial charge in [-0.3, -0.25) is 4.79 Å². The number of amides is 1. The van der Waals surface area contributed by atoms with Crippen LogP contribution in [0, 0.1) is 29.6 Å². The number of nitrogens with zero attached hydrogens (tertiary/aromatic N) is 5. The van der Waals surface area contributed by atoms with Crippen LogP contribution in [0.2, 0.25) is 0 Å². The molecular weight excluding hydrogens is 428 g/mol. The zero-order chi connectivity index (χ0) is 22.1. The highest BCUT2D eigenvalue weighted by Crippen LogP contribution is 2.35. The Hall–Kier alpha value is -3.40. The average molecular weight is 449 g/mol. The zero-order valence-corrected chi connectivity index (χ0v) is 18.5. The van der Waals surface area contributed by atoms with Crippen molar-refractivity contribution in [2.75, 3.05) is 18.4 Å². The van der Waals surface area contributed by atoms with Crippen molar-refractivity contribution in [3.05, 3.63) is 59.9 Å². The van der Waals surface area contributed by atoms with E-state index < -0.39 is 0 Å². The standard InChI is InChI=1S/C22H20N6OS2/c1-16-7-8-17(14-18(16)21(29)28(12-4-9-23)13-5-10-24)30-20-15-26-22(31-20)27-19-6-2-3-11-25-19/h2-3,6-8,11,14-15H,4-5,12-13H2,1H3,(H,25,26,27). The van der Waals surface area contributed by atoms with Crippen LogP contribution < -0.4 is 5.32 Å². The first-order valence-corrected chi connectivity index (χ1v) is 11.2. The smallest absolute Gasteiger partial charge is 0.254 e. The highest BCUT2D eigenvalue weighted by Gasteiger charge is 2.18. The minimum atomic E-state index is -0.160. The molecule has 9 heteroatoms. The summed E-state index contributed by atoms with van der Waals surface area (Å²) >= 11 is 3.03. The van der Waals surface area contributed by atoms with Crippen LogP contribution in [0.4, 0.5) is 10.9 Å². The van der Waals surface area contributed by atoms with Gasteiger partial charge in [-0.25, -0.2) is 9.97 Å². The van der Waals surface area contributed by atoms with Gasteiger partial charge in [0.05, 0.1) is 35.4 Å². The summed E-state index contributed by atoms with van der Waals surface area (Å²) in [5.74, 6) is 0.568. The number of aromatic nitrogens is 2. The second-order valence-corrected chi connectivity index (χ2v) is 8.92. The monoisotopic (exact) mass is 448 g/mol. The molecular formula is C22H20N6OS2. The molecule has 0 fully saturated rings. The Kier molecular flexibility index (Phi) is 7.99. The number of hydrogen-bond donors (Lipinski definition) is 1. The van der Waals surface area contributed by atoms with Crippen LogP contribution in [0.3, 0.4) is 0 Å². The summed E-state index contributed by atoms with van der Waals surface area (Å²) in [6, 6.07) is 15.5. The number of carbonyl (C=O) groups is 1. The minimum absolute atomic E-state index is 0.160. The molecule has 1 amide bonds. The molecule has 0 saturated carbocycles. The fraction of sp³-hybridized carbons (Fsp3) is 0.227. The van der Waals surface area contributed by atoms with Gasteiger partial charge in [0.1, 0.15) is 5.82 Å². The fourth-order valence-electron chi connectivity index (χ4n) is 2.78. The topological polar surface area (TPSA) is 106 Å².